The van der Waals surface area contributed by atoms with E-state index in [9.17, 15) is 4.79 Å². The fraction of sp³-hybridized carbons (Fsp3) is 0.167. The predicted octanol–water partition coefficient (Wildman–Crippen LogP) is 2.42. The second-order valence-electron chi connectivity index (χ2n) is 3.36. The van der Waals surface area contributed by atoms with Gasteiger partial charge in [0, 0.05) is 5.38 Å². The number of thiazole rings is 1. The summed E-state index contributed by atoms with van der Waals surface area (Å²) >= 11 is 1.27. The van der Waals surface area contributed by atoms with Crippen molar-refractivity contribution in [3.63, 3.8) is 0 Å². The Morgan fingerprint density at radius 1 is 1.67 bits per heavy atom. The Morgan fingerprint density at radius 2 is 2.50 bits per heavy atom. The minimum Gasteiger partial charge on any atom is -0.465 e. The second kappa shape index (κ2) is 5.50. The molecule has 0 bridgehead atoms. The van der Waals surface area contributed by atoms with E-state index in [-0.39, 0.29) is 0 Å². The van der Waals surface area contributed by atoms with Gasteiger partial charge in [0.2, 0.25) is 0 Å². The minimum atomic E-state index is -0.445. The number of rotatable bonds is 4. The lowest BCUT2D eigenvalue weighted by molar-refractivity contribution is -0.136. The molecular weight excluding hydrogens is 252 g/mol. The molecule has 0 spiro atoms. The number of carbonyl (C=O) groups is 1. The largest absolute Gasteiger partial charge is 0.465 e. The van der Waals surface area contributed by atoms with Gasteiger partial charge < -0.3 is 14.9 Å². The number of nitrogens with zero attached hydrogens (tertiary/aromatic N) is 1. The van der Waals surface area contributed by atoms with E-state index in [0.29, 0.717) is 28.8 Å². The smallest absolute Gasteiger partial charge is 0.340 e. The summed E-state index contributed by atoms with van der Waals surface area (Å²) in [5, 5.41) is 2.11. The molecule has 94 valence electrons. The molecule has 0 fully saturated rings. The van der Waals surface area contributed by atoms with Gasteiger partial charge in [-0.15, -0.1) is 11.3 Å². The first kappa shape index (κ1) is 12.4. The molecule has 5 nitrogen and oxygen atoms in total. The third-order valence-corrected chi connectivity index (χ3v) is 2.80. The zero-order valence-corrected chi connectivity index (χ0v) is 10.6. The molecule has 0 atom stereocenters. The lowest BCUT2D eigenvalue weighted by Crippen LogP contribution is -2.07. The van der Waals surface area contributed by atoms with Gasteiger partial charge in [0.15, 0.2) is 5.13 Å². The predicted molar refractivity (Wildman–Crippen MR) is 69.7 cm³/mol. The molecule has 2 N–H and O–H groups in total. The van der Waals surface area contributed by atoms with Crippen LogP contribution in [0.25, 0.3) is 11.6 Å². The second-order valence-corrected chi connectivity index (χ2v) is 4.25. The van der Waals surface area contributed by atoms with Crippen molar-refractivity contribution in [2.75, 3.05) is 12.3 Å². The normalized spacial score (nSPS) is 11.5. The van der Waals surface area contributed by atoms with Crippen molar-refractivity contribution in [3.8, 4) is 0 Å². The van der Waals surface area contributed by atoms with Gasteiger partial charge >= 0.3 is 5.97 Å². The molecule has 0 aliphatic heterocycles. The van der Waals surface area contributed by atoms with E-state index in [2.05, 4.69) is 4.98 Å². The fourth-order valence-corrected chi connectivity index (χ4v) is 1.94. The van der Waals surface area contributed by atoms with Gasteiger partial charge in [-0.05, 0) is 25.1 Å². The lowest BCUT2D eigenvalue weighted by Gasteiger charge is -2.03. The third-order valence-electron chi connectivity index (χ3n) is 2.12. The number of anilines is 1. The molecular formula is C12H12N2O3S. The molecule has 0 unspecified atom stereocenters. The van der Waals surface area contributed by atoms with Gasteiger partial charge in [-0.2, -0.15) is 0 Å². The Morgan fingerprint density at radius 3 is 3.06 bits per heavy atom. The van der Waals surface area contributed by atoms with Crippen molar-refractivity contribution in [2.45, 2.75) is 6.92 Å². The van der Waals surface area contributed by atoms with Crippen molar-refractivity contribution in [1.82, 2.24) is 4.98 Å². The van der Waals surface area contributed by atoms with E-state index in [1.54, 1.807) is 30.5 Å². The number of esters is 1. The van der Waals surface area contributed by atoms with Gasteiger partial charge in [0.1, 0.15) is 5.76 Å². The van der Waals surface area contributed by atoms with Crippen LogP contribution < -0.4 is 5.73 Å². The number of hydrogen-bond donors (Lipinski definition) is 1. The van der Waals surface area contributed by atoms with Gasteiger partial charge in [0.25, 0.3) is 0 Å². The maximum absolute atomic E-state index is 11.9. The maximum atomic E-state index is 11.9. The van der Waals surface area contributed by atoms with Gasteiger partial charge in [0.05, 0.1) is 24.1 Å². The highest BCUT2D eigenvalue weighted by Crippen LogP contribution is 2.23. The Hall–Kier alpha value is -2.08. The summed E-state index contributed by atoms with van der Waals surface area (Å²) in [5.41, 5.74) is 6.39. The quantitative estimate of drug-likeness (QED) is 0.677. The van der Waals surface area contributed by atoms with Gasteiger partial charge in [-0.1, -0.05) is 0 Å². The van der Waals surface area contributed by atoms with Crippen LogP contribution in [0, 0.1) is 0 Å². The highest BCUT2D eigenvalue weighted by atomic mass is 32.1. The maximum Gasteiger partial charge on any atom is 0.340 e. The van der Waals surface area contributed by atoms with Crippen molar-refractivity contribution < 1.29 is 13.9 Å². The Balaban J connectivity index is 2.37. The summed E-state index contributed by atoms with van der Waals surface area (Å²) in [6.07, 6.45) is 3.12. The van der Waals surface area contributed by atoms with Crippen LogP contribution >= 0.6 is 11.3 Å². The Kier molecular flexibility index (Phi) is 3.78. The van der Waals surface area contributed by atoms with Crippen LogP contribution in [0.15, 0.2) is 28.2 Å². The minimum absolute atomic E-state index is 0.300. The molecule has 0 aliphatic carbocycles. The summed E-state index contributed by atoms with van der Waals surface area (Å²) in [4.78, 5) is 16.0. The molecule has 2 rings (SSSR count). The van der Waals surface area contributed by atoms with Gasteiger partial charge in [-0.3, -0.25) is 0 Å². The number of nitrogen functional groups attached to an aromatic ring is 1. The molecule has 0 saturated heterocycles. The Labute approximate surface area is 108 Å². The molecule has 6 heteroatoms. The van der Waals surface area contributed by atoms with Crippen LogP contribution in [0.3, 0.4) is 0 Å². The summed E-state index contributed by atoms with van der Waals surface area (Å²) < 4.78 is 10.2. The first-order chi connectivity index (χ1) is 8.70. The topological polar surface area (TPSA) is 78.3 Å². The van der Waals surface area contributed by atoms with Crippen LogP contribution in [-0.2, 0) is 9.53 Å². The number of carbonyl (C=O) groups excluding carboxylic acids is 1. The van der Waals surface area contributed by atoms with E-state index < -0.39 is 5.97 Å². The molecule has 0 amide bonds. The first-order valence-electron chi connectivity index (χ1n) is 5.34. The molecule has 2 aromatic heterocycles. The van der Waals surface area contributed by atoms with Crippen molar-refractivity contribution in [2.24, 2.45) is 0 Å². The summed E-state index contributed by atoms with van der Waals surface area (Å²) in [7, 11) is 0. The molecule has 2 aromatic rings. The Bertz CT molecular complexity index is 558. The number of ether oxygens (including phenoxy) is 1. The van der Waals surface area contributed by atoms with Crippen LogP contribution in [0.4, 0.5) is 5.13 Å². The van der Waals surface area contributed by atoms with E-state index in [0.717, 1.165) is 0 Å². The fourth-order valence-electron chi connectivity index (χ4n) is 1.37. The van der Waals surface area contributed by atoms with Crippen LogP contribution in [0.5, 0.6) is 0 Å². The number of furan rings is 1. The lowest BCUT2D eigenvalue weighted by atomic mass is 10.2. The number of nitrogens with two attached hydrogens (primary N) is 1. The zero-order chi connectivity index (χ0) is 13.0. The molecule has 0 aliphatic rings. The molecule has 0 radical (unpaired) electrons. The van der Waals surface area contributed by atoms with E-state index in [1.165, 1.54) is 17.6 Å². The average Bonchev–Trinajstić information content (AvgIpc) is 2.97. The molecule has 18 heavy (non-hydrogen) atoms. The van der Waals surface area contributed by atoms with Crippen molar-refractivity contribution in [1.29, 1.82) is 0 Å². The summed E-state index contributed by atoms with van der Waals surface area (Å²) in [6.45, 7) is 2.05. The highest BCUT2D eigenvalue weighted by Gasteiger charge is 2.16. The monoisotopic (exact) mass is 264 g/mol. The van der Waals surface area contributed by atoms with Crippen LogP contribution in [0.2, 0.25) is 0 Å². The van der Waals surface area contributed by atoms with E-state index in [1.807, 2.05) is 0 Å². The van der Waals surface area contributed by atoms with Gasteiger partial charge in [-0.25, -0.2) is 9.78 Å². The summed E-state index contributed by atoms with van der Waals surface area (Å²) in [5.74, 6) is 0.115. The van der Waals surface area contributed by atoms with Crippen LogP contribution in [-0.4, -0.2) is 17.6 Å². The first-order valence-corrected chi connectivity index (χ1v) is 6.22. The van der Waals surface area contributed by atoms with Crippen molar-refractivity contribution in [3.05, 3.63) is 35.2 Å². The van der Waals surface area contributed by atoms with Crippen molar-refractivity contribution >= 4 is 34.1 Å². The number of aromatic nitrogens is 1. The summed E-state index contributed by atoms with van der Waals surface area (Å²) in [6, 6.07) is 3.49. The van der Waals surface area contributed by atoms with Crippen LogP contribution in [0.1, 0.15) is 18.4 Å². The zero-order valence-electron chi connectivity index (χ0n) is 9.75. The molecule has 0 aromatic carbocycles. The van der Waals surface area contributed by atoms with E-state index in [4.69, 9.17) is 14.9 Å². The molecule has 2 heterocycles. The average molecular weight is 264 g/mol. The molecule has 0 saturated carbocycles. The standard InChI is InChI=1S/C12H12N2O3S/c1-2-16-11(15)9(6-8-4-3-5-17-8)10-7-18-12(13)14-10/h3-7H,2H2,1H3,(H2,13,14). The third kappa shape index (κ3) is 2.78. The highest BCUT2D eigenvalue weighted by molar-refractivity contribution is 7.13. The number of hydrogen-bond acceptors (Lipinski definition) is 6. The van der Waals surface area contributed by atoms with E-state index >= 15 is 0 Å². The SMILES string of the molecule is CCOC(=O)C(=Cc1ccco1)c1csc(N)n1.